The van der Waals surface area contributed by atoms with Gasteiger partial charge in [0.25, 0.3) is 0 Å². The molecule has 0 saturated carbocycles. The van der Waals surface area contributed by atoms with Crippen LogP contribution in [0.25, 0.3) is 0 Å². The lowest BCUT2D eigenvalue weighted by atomic mass is 10.2. The van der Waals surface area contributed by atoms with Crippen molar-refractivity contribution in [2.24, 2.45) is 0 Å². The fourth-order valence-corrected chi connectivity index (χ4v) is 3.31. The number of sulfonamides is 1. The monoisotopic (exact) mass is 342 g/mol. The lowest BCUT2D eigenvalue weighted by Gasteiger charge is -2.26. The zero-order valence-electron chi connectivity index (χ0n) is 14.5. The summed E-state index contributed by atoms with van der Waals surface area (Å²) in [6.45, 7) is 7.00. The molecule has 130 valence electrons. The molecule has 0 fully saturated rings. The summed E-state index contributed by atoms with van der Waals surface area (Å²) in [5, 5.41) is 0. The molecule has 1 rings (SSSR count). The van der Waals surface area contributed by atoms with Crippen LogP contribution in [0.2, 0.25) is 0 Å². The number of amides is 1. The summed E-state index contributed by atoms with van der Waals surface area (Å²) < 4.78 is 30.9. The number of carbonyl (C=O) groups excluding carboxylic acids is 1. The van der Waals surface area contributed by atoms with Crippen molar-refractivity contribution in [1.29, 1.82) is 0 Å². The zero-order valence-corrected chi connectivity index (χ0v) is 15.3. The molecule has 0 N–H and O–H groups in total. The number of carbonyl (C=O) groups is 1. The van der Waals surface area contributed by atoms with Crippen LogP contribution in [0, 0.1) is 6.92 Å². The van der Waals surface area contributed by atoms with Gasteiger partial charge in [0.05, 0.1) is 19.1 Å². The maximum atomic E-state index is 12.2. The molecule has 0 bridgehead atoms. The van der Waals surface area contributed by atoms with Gasteiger partial charge in [-0.3, -0.25) is 9.10 Å². The predicted octanol–water partition coefficient (Wildman–Crippen LogP) is 2.03. The van der Waals surface area contributed by atoms with Gasteiger partial charge in [-0.15, -0.1) is 0 Å². The highest BCUT2D eigenvalue weighted by molar-refractivity contribution is 7.92. The van der Waals surface area contributed by atoms with Gasteiger partial charge in [-0.25, -0.2) is 8.42 Å². The molecule has 0 aliphatic rings. The van der Waals surface area contributed by atoms with E-state index in [4.69, 9.17) is 4.74 Å². The molecule has 0 aromatic heterocycles. The highest BCUT2D eigenvalue weighted by atomic mass is 32.2. The standard InChI is InChI=1S/C16H26N2O4S/c1-6-17(7-2)16(19)10-11-18(23(5,20)21)14-12-13(3)8-9-15(14)22-4/h8-9,12H,6-7,10-11H2,1-5H3. The Bertz CT molecular complexity index is 639. The van der Waals surface area contributed by atoms with Crippen LogP contribution in [0.3, 0.4) is 0 Å². The van der Waals surface area contributed by atoms with E-state index in [1.807, 2.05) is 26.8 Å². The van der Waals surface area contributed by atoms with Crippen molar-refractivity contribution in [2.45, 2.75) is 27.2 Å². The summed E-state index contributed by atoms with van der Waals surface area (Å²) in [6, 6.07) is 5.33. The Labute approximate surface area is 139 Å². The van der Waals surface area contributed by atoms with E-state index in [1.54, 1.807) is 17.0 Å². The molecule has 1 amide bonds. The van der Waals surface area contributed by atoms with Gasteiger partial charge in [0.1, 0.15) is 5.75 Å². The molecule has 1 aromatic carbocycles. The molecule has 6 nitrogen and oxygen atoms in total. The van der Waals surface area contributed by atoms with Crippen molar-refractivity contribution >= 4 is 21.6 Å². The minimum Gasteiger partial charge on any atom is -0.495 e. The largest absolute Gasteiger partial charge is 0.495 e. The molecule has 0 heterocycles. The third-order valence-electron chi connectivity index (χ3n) is 3.65. The van der Waals surface area contributed by atoms with E-state index in [2.05, 4.69) is 0 Å². The molecule has 0 aliphatic carbocycles. The van der Waals surface area contributed by atoms with Crippen molar-refractivity contribution in [3.05, 3.63) is 23.8 Å². The Hall–Kier alpha value is -1.76. The second-order valence-corrected chi connectivity index (χ2v) is 7.23. The Morgan fingerprint density at radius 1 is 1.22 bits per heavy atom. The molecule has 7 heteroatoms. The first kappa shape index (κ1) is 19.3. The first-order valence-electron chi connectivity index (χ1n) is 7.64. The molecule has 0 radical (unpaired) electrons. The van der Waals surface area contributed by atoms with E-state index < -0.39 is 10.0 Å². The van der Waals surface area contributed by atoms with Crippen LogP contribution in [0.5, 0.6) is 5.75 Å². The van der Waals surface area contributed by atoms with E-state index in [9.17, 15) is 13.2 Å². The summed E-state index contributed by atoms with van der Waals surface area (Å²) in [4.78, 5) is 13.9. The maximum absolute atomic E-state index is 12.2. The quantitative estimate of drug-likeness (QED) is 0.725. The topological polar surface area (TPSA) is 66.9 Å². The minimum absolute atomic E-state index is 0.0599. The molecule has 23 heavy (non-hydrogen) atoms. The van der Waals surface area contributed by atoms with Gasteiger partial charge < -0.3 is 9.64 Å². The van der Waals surface area contributed by atoms with Crippen LogP contribution in [-0.4, -0.2) is 52.2 Å². The van der Waals surface area contributed by atoms with Crippen molar-refractivity contribution in [2.75, 3.05) is 37.3 Å². The Balaban J connectivity index is 3.09. The number of benzene rings is 1. The van der Waals surface area contributed by atoms with Gasteiger partial charge >= 0.3 is 0 Å². The van der Waals surface area contributed by atoms with Crippen LogP contribution < -0.4 is 9.04 Å². The smallest absolute Gasteiger partial charge is 0.232 e. The molecule has 1 aromatic rings. The summed E-state index contributed by atoms with van der Waals surface area (Å²) in [5.41, 5.74) is 1.38. The fraction of sp³-hybridized carbons (Fsp3) is 0.562. The van der Waals surface area contributed by atoms with Gasteiger partial charge in [-0.05, 0) is 38.5 Å². The number of ether oxygens (including phenoxy) is 1. The van der Waals surface area contributed by atoms with Gasteiger partial charge in [-0.2, -0.15) is 0 Å². The van der Waals surface area contributed by atoms with Crippen LogP contribution >= 0.6 is 0 Å². The Morgan fingerprint density at radius 3 is 2.30 bits per heavy atom. The summed E-state index contributed by atoms with van der Waals surface area (Å²) in [5.74, 6) is 0.409. The Kier molecular flexibility index (Phi) is 6.87. The van der Waals surface area contributed by atoms with Crippen molar-refractivity contribution < 1.29 is 17.9 Å². The van der Waals surface area contributed by atoms with E-state index in [1.165, 1.54) is 11.4 Å². The van der Waals surface area contributed by atoms with E-state index in [0.717, 1.165) is 11.8 Å². The second-order valence-electron chi connectivity index (χ2n) is 5.33. The summed E-state index contributed by atoms with van der Waals surface area (Å²) in [7, 11) is -2.02. The van der Waals surface area contributed by atoms with Crippen molar-refractivity contribution in [3.63, 3.8) is 0 Å². The van der Waals surface area contributed by atoms with Crippen LogP contribution in [0.1, 0.15) is 25.8 Å². The molecule has 0 unspecified atom stereocenters. The normalized spacial score (nSPS) is 11.2. The van der Waals surface area contributed by atoms with E-state index in [0.29, 0.717) is 24.5 Å². The van der Waals surface area contributed by atoms with Crippen LogP contribution in [0.4, 0.5) is 5.69 Å². The number of hydrogen-bond acceptors (Lipinski definition) is 4. The predicted molar refractivity (Wildman–Crippen MR) is 92.5 cm³/mol. The number of anilines is 1. The van der Waals surface area contributed by atoms with E-state index >= 15 is 0 Å². The number of nitrogens with zero attached hydrogens (tertiary/aromatic N) is 2. The van der Waals surface area contributed by atoms with Gasteiger partial charge in [0.15, 0.2) is 0 Å². The molecular formula is C16H26N2O4S. The number of hydrogen-bond donors (Lipinski definition) is 0. The molecule has 0 spiro atoms. The van der Waals surface area contributed by atoms with Gasteiger partial charge in [0.2, 0.25) is 15.9 Å². The summed E-state index contributed by atoms with van der Waals surface area (Å²) >= 11 is 0. The Morgan fingerprint density at radius 2 is 1.83 bits per heavy atom. The van der Waals surface area contributed by atoms with Gasteiger partial charge in [0, 0.05) is 26.1 Å². The van der Waals surface area contributed by atoms with Crippen LogP contribution in [-0.2, 0) is 14.8 Å². The summed E-state index contributed by atoms with van der Waals surface area (Å²) in [6.07, 6.45) is 1.27. The minimum atomic E-state index is -3.52. The first-order valence-corrected chi connectivity index (χ1v) is 9.49. The molecule has 0 aliphatic heterocycles. The number of methoxy groups -OCH3 is 1. The lowest BCUT2D eigenvalue weighted by molar-refractivity contribution is -0.130. The number of aryl methyl sites for hydroxylation is 1. The van der Waals surface area contributed by atoms with E-state index in [-0.39, 0.29) is 18.9 Å². The third-order valence-corrected chi connectivity index (χ3v) is 4.83. The molecule has 0 saturated heterocycles. The van der Waals surface area contributed by atoms with Crippen molar-refractivity contribution in [1.82, 2.24) is 4.90 Å². The fourth-order valence-electron chi connectivity index (χ4n) is 2.39. The average molecular weight is 342 g/mol. The maximum Gasteiger partial charge on any atom is 0.232 e. The van der Waals surface area contributed by atoms with Gasteiger partial charge in [-0.1, -0.05) is 6.07 Å². The number of rotatable bonds is 8. The average Bonchev–Trinajstić information content (AvgIpc) is 2.47. The highest BCUT2D eigenvalue weighted by Crippen LogP contribution is 2.31. The first-order chi connectivity index (χ1) is 10.7. The SMILES string of the molecule is CCN(CC)C(=O)CCN(c1cc(C)ccc1OC)S(C)(=O)=O. The molecular weight excluding hydrogens is 316 g/mol. The molecule has 0 atom stereocenters. The second kappa shape index (κ2) is 8.19. The van der Waals surface area contributed by atoms with Crippen LogP contribution in [0.15, 0.2) is 18.2 Å². The highest BCUT2D eigenvalue weighted by Gasteiger charge is 2.23. The third kappa shape index (κ3) is 5.13. The zero-order chi connectivity index (χ0) is 17.6. The van der Waals surface area contributed by atoms with Crippen molar-refractivity contribution in [3.8, 4) is 5.75 Å². The lowest BCUT2D eigenvalue weighted by Crippen LogP contribution is -2.37.